The van der Waals surface area contributed by atoms with Crippen LogP contribution < -0.4 is 10.1 Å². The topological polar surface area (TPSA) is 67.8 Å². The highest BCUT2D eigenvalue weighted by Crippen LogP contribution is 2.28. The molecule has 20 heavy (non-hydrogen) atoms. The van der Waals surface area contributed by atoms with E-state index in [2.05, 4.69) is 5.32 Å². The summed E-state index contributed by atoms with van der Waals surface area (Å²) in [5.41, 5.74) is -0.249. The quantitative estimate of drug-likeness (QED) is 0.814. The van der Waals surface area contributed by atoms with Crippen LogP contribution in [-0.2, 0) is 9.53 Å². The van der Waals surface area contributed by atoms with Gasteiger partial charge in [0.2, 0.25) is 0 Å². The van der Waals surface area contributed by atoms with Crippen molar-refractivity contribution in [1.82, 2.24) is 5.32 Å². The first-order valence-electron chi connectivity index (χ1n) is 6.87. The zero-order valence-electron chi connectivity index (χ0n) is 11.5. The fourth-order valence-electron chi connectivity index (χ4n) is 2.20. The summed E-state index contributed by atoms with van der Waals surface area (Å²) in [5.74, 6) is 0.499. The number of ether oxygens (including phenoxy) is 2. The molecule has 0 spiro atoms. The summed E-state index contributed by atoms with van der Waals surface area (Å²) in [6.07, 6.45) is 1.53. The standard InChI is InChI=1S/C15H21NO4/c17-12-15(6-8-19-9-7-15)11-16-14(18)10-20-13-4-2-1-3-5-13/h1-5,17H,6-12H2,(H,16,18). The predicted octanol–water partition coefficient (Wildman–Crippen LogP) is 0.971. The van der Waals surface area contributed by atoms with Gasteiger partial charge in [0.1, 0.15) is 5.75 Å². The molecule has 0 saturated carbocycles. The van der Waals surface area contributed by atoms with Crippen molar-refractivity contribution in [3.8, 4) is 5.75 Å². The Morgan fingerprint density at radius 2 is 2.00 bits per heavy atom. The second-order valence-corrected chi connectivity index (χ2v) is 5.15. The van der Waals surface area contributed by atoms with E-state index in [1.54, 1.807) is 12.1 Å². The molecule has 5 heteroatoms. The van der Waals surface area contributed by atoms with Gasteiger partial charge in [-0.2, -0.15) is 0 Å². The third-order valence-corrected chi connectivity index (χ3v) is 3.66. The summed E-state index contributed by atoms with van der Waals surface area (Å²) in [7, 11) is 0. The Morgan fingerprint density at radius 1 is 1.30 bits per heavy atom. The average molecular weight is 279 g/mol. The van der Waals surface area contributed by atoms with Gasteiger partial charge in [0.15, 0.2) is 6.61 Å². The number of nitrogens with one attached hydrogen (secondary N) is 1. The summed E-state index contributed by atoms with van der Waals surface area (Å²) < 4.78 is 10.7. The Balaban J connectivity index is 1.74. The summed E-state index contributed by atoms with van der Waals surface area (Å²) >= 11 is 0. The second kappa shape index (κ2) is 7.26. The molecule has 0 bridgehead atoms. The summed E-state index contributed by atoms with van der Waals surface area (Å²) in [6.45, 7) is 1.79. The minimum Gasteiger partial charge on any atom is -0.484 e. The van der Waals surface area contributed by atoms with E-state index in [9.17, 15) is 9.90 Å². The zero-order valence-corrected chi connectivity index (χ0v) is 11.5. The lowest BCUT2D eigenvalue weighted by molar-refractivity contribution is -0.124. The lowest BCUT2D eigenvalue weighted by Crippen LogP contribution is -2.44. The Morgan fingerprint density at radius 3 is 2.65 bits per heavy atom. The number of benzene rings is 1. The first-order chi connectivity index (χ1) is 9.74. The first kappa shape index (κ1) is 14.8. The molecule has 1 aromatic rings. The maximum absolute atomic E-state index is 11.8. The molecule has 1 aliphatic heterocycles. The Hall–Kier alpha value is -1.59. The SMILES string of the molecule is O=C(COc1ccccc1)NCC1(CO)CCOCC1. The van der Waals surface area contributed by atoms with Gasteiger partial charge in [-0.3, -0.25) is 4.79 Å². The number of rotatable bonds is 6. The number of para-hydroxylation sites is 1. The van der Waals surface area contributed by atoms with Gasteiger partial charge < -0.3 is 19.9 Å². The van der Waals surface area contributed by atoms with Crippen LogP contribution in [0.4, 0.5) is 0 Å². The fraction of sp³-hybridized carbons (Fsp3) is 0.533. The smallest absolute Gasteiger partial charge is 0.257 e. The number of hydrogen-bond donors (Lipinski definition) is 2. The van der Waals surface area contributed by atoms with Gasteiger partial charge in [-0.15, -0.1) is 0 Å². The average Bonchev–Trinajstić information content (AvgIpc) is 2.53. The van der Waals surface area contributed by atoms with Gasteiger partial charge in [-0.25, -0.2) is 0 Å². The number of amides is 1. The van der Waals surface area contributed by atoms with E-state index >= 15 is 0 Å². The van der Waals surface area contributed by atoms with E-state index in [0.717, 1.165) is 12.8 Å². The first-order valence-corrected chi connectivity index (χ1v) is 6.87. The van der Waals surface area contributed by atoms with E-state index in [0.29, 0.717) is 25.5 Å². The molecule has 1 aromatic carbocycles. The molecular formula is C15H21NO4. The normalized spacial score (nSPS) is 17.4. The highest BCUT2D eigenvalue weighted by Gasteiger charge is 2.32. The van der Waals surface area contributed by atoms with E-state index in [4.69, 9.17) is 9.47 Å². The largest absolute Gasteiger partial charge is 0.484 e. The predicted molar refractivity (Wildman–Crippen MR) is 74.5 cm³/mol. The van der Waals surface area contributed by atoms with Crippen LogP contribution in [0.5, 0.6) is 5.75 Å². The van der Waals surface area contributed by atoms with Crippen molar-refractivity contribution < 1.29 is 19.4 Å². The fourth-order valence-corrected chi connectivity index (χ4v) is 2.20. The molecule has 0 aromatic heterocycles. The molecule has 1 heterocycles. The third-order valence-electron chi connectivity index (χ3n) is 3.66. The van der Waals surface area contributed by atoms with Gasteiger partial charge in [0, 0.05) is 25.2 Å². The molecule has 2 N–H and O–H groups in total. The summed E-state index contributed by atoms with van der Waals surface area (Å²) in [4.78, 5) is 11.8. The van der Waals surface area contributed by atoms with E-state index in [1.165, 1.54) is 0 Å². The molecule has 2 rings (SSSR count). The zero-order chi connectivity index (χ0) is 14.3. The molecule has 0 unspecified atom stereocenters. The molecule has 110 valence electrons. The highest BCUT2D eigenvalue weighted by atomic mass is 16.5. The van der Waals surface area contributed by atoms with Crippen LogP contribution in [0.2, 0.25) is 0 Å². The summed E-state index contributed by atoms with van der Waals surface area (Å²) in [5, 5.41) is 12.4. The van der Waals surface area contributed by atoms with E-state index in [-0.39, 0.29) is 24.5 Å². The minimum atomic E-state index is -0.249. The number of hydrogen-bond acceptors (Lipinski definition) is 4. The molecular weight excluding hydrogens is 258 g/mol. The lowest BCUT2D eigenvalue weighted by atomic mass is 9.81. The van der Waals surface area contributed by atoms with Crippen LogP contribution in [0.15, 0.2) is 30.3 Å². The van der Waals surface area contributed by atoms with Crippen LogP contribution in [0, 0.1) is 5.41 Å². The second-order valence-electron chi connectivity index (χ2n) is 5.15. The molecule has 5 nitrogen and oxygen atoms in total. The summed E-state index contributed by atoms with van der Waals surface area (Å²) in [6, 6.07) is 9.22. The van der Waals surface area contributed by atoms with Gasteiger partial charge in [-0.1, -0.05) is 18.2 Å². The number of aliphatic hydroxyl groups excluding tert-OH is 1. The van der Waals surface area contributed by atoms with Crippen molar-refractivity contribution in [2.75, 3.05) is 33.0 Å². The van der Waals surface area contributed by atoms with E-state index < -0.39 is 0 Å². The van der Waals surface area contributed by atoms with Crippen LogP contribution >= 0.6 is 0 Å². The highest BCUT2D eigenvalue weighted by molar-refractivity contribution is 5.77. The van der Waals surface area contributed by atoms with Gasteiger partial charge >= 0.3 is 0 Å². The molecule has 1 amide bonds. The van der Waals surface area contributed by atoms with Crippen molar-refractivity contribution in [2.45, 2.75) is 12.8 Å². The number of carbonyl (C=O) groups excluding carboxylic acids is 1. The van der Waals surface area contributed by atoms with Gasteiger partial charge in [0.25, 0.3) is 5.91 Å². The van der Waals surface area contributed by atoms with E-state index in [1.807, 2.05) is 18.2 Å². The number of carbonyl (C=O) groups is 1. The van der Waals surface area contributed by atoms with Crippen LogP contribution in [0.1, 0.15) is 12.8 Å². The van der Waals surface area contributed by atoms with Crippen molar-refractivity contribution >= 4 is 5.91 Å². The molecule has 1 saturated heterocycles. The maximum atomic E-state index is 11.8. The molecule has 0 aliphatic carbocycles. The molecule has 1 aliphatic rings. The van der Waals surface area contributed by atoms with Crippen molar-refractivity contribution in [2.24, 2.45) is 5.41 Å². The molecule has 0 radical (unpaired) electrons. The Labute approximate surface area is 118 Å². The van der Waals surface area contributed by atoms with Crippen LogP contribution in [-0.4, -0.2) is 44.0 Å². The minimum absolute atomic E-state index is 0.0119. The molecule has 0 atom stereocenters. The van der Waals surface area contributed by atoms with Crippen LogP contribution in [0.3, 0.4) is 0 Å². The lowest BCUT2D eigenvalue weighted by Gasteiger charge is -2.35. The molecule has 1 fully saturated rings. The van der Waals surface area contributed by atoms with Crippen molar-refractivity contribution in [1.29, 1.82) is 0 Å². The maximum Gasteiger partial charge on any atom is 0.257 e. The van der Waals surface area contributed by atoms with Gasteiger partial charge in [0.05, 0.1) is 6.61 Å². The van der Waals surface area contributed by atoms with Gasteiger partial charge in [-0.05, 0) is 25.0 Å². The third kappa shape index (κ3) is 4.21. The Kier molecular flexibility index (Phi) is 5.38. The monoisotopic (exact) mass is 279 g/mol. The van der Waals surface area contributed by atoms with Crippen molar-refractivity contribution in [3.05, 3.63) is 30.3 Å². The Bertz CT molecular complexity index is 415. The number of aliphatic hydroxyl groups is 1. The van der Waals surface area contributed by atoms with Crippen molar-refractivity contribution in [3.63, 3.8) is 0 Å². The van der Waals surface area contributed by atoms with Crippen LogP contribution in [0.25, 0.3) is 0 Å².